The lowest BCUT2D eigenvalue weighted by molar-refractivity contribution is 0.381. The normalized spacial score (nSPS) is 13.0. The van der Waals surface area contributed by atoms with Crippen LogP contribution in [0.3, 0.4) is 0 Å². The number of furan rings is 1. The second kappa shape index (κ2) is 11.7. The molecule has 0 unspecified atom stereocenters. The number of hydrogen-bond acceptors (Lipinski definition) is 9. The van der Waals surface area contributed by atoms with Crippen LogP contribution in [0.25, 0.3) is 33.2 Å². The molecule has 4 aromatic rings. The highest BCUT2D eigenvalue weighted by atomic mass is 32.2. The van der Waals surface area contributed by atoms with Crippen molar-refractivity contribution in [1.29, 1.82) is 0 Å². The SMILES string of the molecule is C=Nc1c(-c2c(-c3ccoc3)cc3c(NC4CNC4)nc(OC)nc3c2F)ccc(F)c1SCN.CC. The van der Waals surface area contributed by atoms with Gasteiger partial charge in [0.25, 0.3) is 0 Å². The van der Waals surface area contributed by atoms with Crippen LogP contribution in [0.2, 0.25) is 0 Å². The Balaban J connectivity index is 0.00000156. The number of nitrogens with one attached hydrogen (secondary N) is 2. The van der Waals surface area contributed by atoms with Gasteiger partial charge in [-0.15, -0.1) is 11.8 Å². The quantitative estimate of drug-likeness (QED) is 0.155. The third-order valence-corrected chi connectivity index (χ3v) is 6.63. The summed E-state index contributed by atoms with van der Waals surface area (Å²) in [5.41, 5.74) is 7.58. The van der Waals surface area contributed by atoms with Gasteiger partial charge in [0.2, 0.25) is 0 Å². The summed E-state index contributed by atoms with van der Waals surface area (Å²) < 4.78 is 41.7. The van der Waals surface area contributed by atoms with Crippen LogP contribution in [0.1, 0.15) is 13.8 Å². The van der Waals surface area contributed by atoms with Crippen molar-refractivity contribution in [1.82, 2.24) is 15.3 Å². The lowest BCUT2D eigenvalue weighted by Gasteiger charge is -2.29. The number of aliphatic imine (C=N–C) groups is 1. The van der Waals surface area contributed by atoms with Gasteiger partial charge in [0.05, 0.1) is 36.3 Å². The Hall–Kier alpha value is -3.54. The second-order valence-electron chi connectivity index (χ2n) is 7.82. The first kappa shape index (κ1) is 26.5. The van der Waals surface area contributed by atoms with Crippen molar-refractivity contribution in [2.24, 2.45) is 10.7 Å². The number of halogens is 2. The fourth-order valence-corrected chi connectivity index (χ4v) is 4.71. The van der Waals surface area contributed by atoms with Gasteiger partial charge in [-0.05, 0) is 36.5 Å². The molecule has 0 bridgehead atoms. The molecule has 37 heavy (non-hydrogen) atoms. The number of aromatic nitrogens is 2. The van der Waals surface area contributed by atoms with Gasteiger partial charge in [-0.2, -0.15) is 9.97 Å². The number of hydrogen-bond donors (Lipinski definition) is 3. The lowest BCUT2D eigenvalue weighted by Crippen LogP contribution is -2.51. The van der Waals surface area contributed by atoms with E-state index in [4.69, 9.17) is 14.9 Å². The molecule has 2 aromatic carbocycles. The van der Waals surface area contributed by atoms with Crippen LogP contribution in [0, 0.1) is 11.6 Å². The first-order chi connectivity index (χ1) is 18.0. The molecule has 11 heteroatoms. The molecule has 1 aliphatic heterocycles. The van der Waals surface area contributed by atoms with E-state index in [1.807, 2.05) is 13.8 Å². The Morgan fingerprint density at radius 1 is 1.24 bits per heavy atom. The fraction of sp³-hybridized carbons (Fsp3) is 0.269. The van der Waals surface area contributed by atoms with Crippen molar-refractivity contribution in [2.75, 3.05) is 31.4 Å². The average Bonchev–Trinajstić information content (AvgIpc) is 3.43. The van der Waals surface area contributed by atoms with Gasteiger partial charge >= 0.3 is 6.01 Å². The zero-order chi connectivity index (χ0) is 26.5. The Bertz CT molecular complexity index is 1410. The van der Waals surface area contributed by atoms with E-state index in [9.17, 15) is 4.39 Å². The molecule has 0 aliphatic carbocycles. The third kappa shape index (κ3) is 5.02. The van der Waals surface area contributed by atoms with Gasteiger partial charge in [-0.3, -0.25) is 4.99 Å². The molecule has 0 saturated carbocycles. The molecule has 3 heterocycles. The Morgan fingerprint density at radius 2 is 2.03 bits per heavy atom. The molecule has 194 valence electrons. The highest BCUT2D eigenvalue weighted by Gasteiger charge is 2.26. The Kier molecular flexibility index (Phi) is 8.37. The summed E-state index contributed by atoms with van der Waals surface area (Å²) in [6, 6.07) is 6.42. The second-order valence-corrected chi connectivity index (χ2v) is 8.85. The van der Waals surface area contributed by atoms with E-state index < -0.39 is 11.6 Å². The van der Waals surface area contributed by atoms with Crippen molar-refractivity contribution < 1.29 is 17.9 Å². The number of benzene rings is 2. The molecular formula is C26H28F2N6O2S. The molecule has 0 amide bonds. The monoisotopic (exact) mass is 526 g/mol. The van der Waals surface area contributed by atoms with Gasteiger partial charge < -0.3 is 25.5 Å². The first-order valence-electron chi connectivity index (χ1n) is 11.8. The minimum Gasteiger partial charge on any atom is -0.472 e. The van der Waals surface area contributed by atoms with Crippen LogP contribution in [0.4, 0.5) is 20.3 Å². The van der Waals surface area contributed by atoms with E-state index in [0.29, 0.717) is 27.9 Å². The van der Waals surface area contributed by atoms with E-state index in [1.54, 1.807) is 12.1 Å². The highest BCUT2D eigenvalue weighted by Crippen LogP contribution is 2.46. The average molecular weight is 527 g/mol. The standard InChI is InChI=1S/C24H22F2N6O2S.C2H6/c1-28-21-14(3-4-17(25)22(21)35-11-27)18-15(12-5-6-34-10-12)7-16-20(19(18)26)31-24(33-2)32-23(16)30-13-8-29-9-13;1-2/h3-7,10,13,29H,1,8-9,11,27H2,2H3,(H,30,31,32);1-2H3. The number of nitrogens with zero attached hydrogens (tertiary/aromatic N) is 3. The van der Waals surface area contributed by atoms with E-state index in [-0.39, 0.29) is 39.6 Å². The minimum absolute atomic E-state index is 0.0220. The molecule has 0 atom stereocenters. The number of nitrogens with two attached hydrogens (primary N) is 1. The van der Waals surface area contributed by atoms with E-state index in [1.165, 1.54) is 31.8 Å². The summed E-state index contributed by atoms with van der Waals surface area (Å²) in [5, 5.41) is 6.99. The van der Waals surface area contributed by atoms with E-state index >= 15 is 4.39 Å². The maximum atomic E-state index is 16.5. The number of rotatable bonds is 8. The number of fused-ring (bicyclic) bond motifs is 1. The van der Waals surface area contributed by atoms with Crippen molar-refractivity contribution in [2.45, 2.75) is 24.8 Å². The molecule has 1 saturated heterocycles. The molecule has 2 aromatic heterocycles. The Labute approximate surface area is 217 Å². The van der Waals surface area contributed by atoms with Crippen molar-refractivity contribution >= 4 is 40.9 Å². The Morgan fingerprint density at radius 3 is 2.62 bits per heavy atom. The number of anilines is 1. The zero-order valence-electron chi connectivity index (χ0n) is 20.8. The molecule has 0 radical (unpaired) electrons. The van der Waals surface area contributed by atoms with Gasteiger partial charge in [-0.25, -0.2) is 8.78 Å². The molecule has 4 N–H and O–H groups in total. The fourth-order valence-electron chi connectivity index (χ4n) is 4.03. The van der Waals surface area contributed by atoms with Gasteiger partial charge in [0, 0.05) is 41.0 Å². The predicted molar refractivity (Wildman–Crippen MR) is 145 cm³/mol. The number of methoxy groups -OCH3 is 1. The number of thioether (sulfide) groups is 1. The summed E-state index contributed by atoms with van der Waals surface area (Å²) in [6.45, 7) is 9.12. The zero-order valence-corrected chi connectivity index (χ0v) is 21.6. The van der Waals surface area contributed by atoms with Crippen molar-refractivity contribution in [3.05, 3.63) is 48.4 Å². The maximum absolute atomic E-state index is 16.5. The molecular weight excluding hydrogens is 498 g/mol. The predicted octanol–water partition coefficient (Wildman–Crippen LogP) is 5.59. The third-order valence-electron chi connectivity index (χ3n) is 5.79. The topological polar surface area (TPSA) is 111 Å². The van der Waals surface area contributed by atoms with Crippen LogP contribution >= 0.6 is 11.8 Å². The van der Waals surface area contributed by atoms with Gasteiger partial charge in [0.15, 0.2) is 5.82 Å². The smallest absolute Gasteiger partial charge is 0.318 e. The van der Waals surface area contributed by atoms with Crippen LogP contribution in [-0.4, -0.2) is 48.8 Å². The molecule has 1 aliphatic rings. The van der Waals surface area contributed by atoms with Gasteiger partial charge in [-0.1, -0.05) is 13.8 Å². The van der Waals surface area contributed by atoms with Crippen LogP contribution < -0.4 is 21.1 Å². The summed E-state index contributed by atoms with van der Waals surface area (Å²) in [6.07, 6.45) is 3.01. The number of ether oxygens (including phenoxy) is 1. The molecule has 8 nitrogen and oxygen atoms in total. The van der Waals surface area contributed by atoms with Crippen LogP contribution in [0.5, 0.6) is 6.01 Å². The molecule has 1 fully saturated rings. The summed E-state index contributed by atoms with van der Waals surface area (Å²) in [7, 11) is 1.42. The van der Waals surface area contributed by atoms with Crippen LogP contribution in [-0.2, 0) is 0 Å². The first-order valence-corrected chi connectivity index (χ1v) is 12.7. The highest BCUT2D eigenvalue weighted by molar-refractivity contribution is 7.99. The largest absolute Gasteiger partial charge is 0.472 e. The summed E-state index contributed by atoms with van der Waals surface area (Å²) in [4.78, 5) is 13.0. The summed E-state index contributed by atoms with van der Waals surface area (Å²) in [5.74, 6) is -0.571. The summed E-state index contributed by atoms with van der Waals surface area (Å²) >= 11 is 1.07. The molecule has 0 spiro atoms. The van der Waals surface area contributed by atoms with Gasteiger partial charge in [0.1, 0.15) is 17.2 Å². The van der Waals surface area contributed by atoms with E-state index in [0.717, 1.165) is 24.9 Å². The van der Waals surface area contributed by atoms with Crippen molar-refractivity contribution in [3.63, 3.8) is 0 Å². The van der Waals surface area contributed by atoms with Crippen molar-refractivity contribution in [3.8, 4) is 28.3 Å². The van der Waals surface area contributed by atoms with Crippen LogP contribution in [0.15, 0.2) is 51.1 Å². The minimum atomic E-state index is -0.630. The lowest BCUT2D eigenvalue weighted by atomic mass is 9.92. The molecule has 5 rings (SSSR count). The maximum Gasteiger partial charge on any atom is 0.318 e. The van der Waals surface area contributed by atoms with E-state index in [2.05, 4.69) is 32.3 Å².